The van der Waals surface area contributed by atoms with Crippen LogP contribution < -0.4 is 5.73 Å². The molecule has 0 fully saturated rings. The molecule has 1 nitrogen and oxygen atoms in total. The zero-order valence-corrected chi connectivity index (χ0v) is 9.05. The first kappa shape index (κ1) is 9.44. The average Bonchev–Trinajstić information content (AvgIpc) is 2.71. The average molecular weight is 204 g/mol. The molecule has 0 amide bonds. The predicted octanol–water partition coefficient (Wildman–Crippen LogP) is 2.39. The van der Waals surface area contributed by atoms with Gasteiger partial charge in [-0.3, -0.25) is 0 Å². The standard InChI is InChI=1S/C12H13NS/c1-9-4-6-10(7-5-9)12(13)11-3-2-8-14-11/h2-8,12H,13H2,1H3/p+1/t12-/m1/s1. The van der Waals surface area contributed by atoms with Crippen LogP contribution in [0.2, 0.25) is 0 Å². The summed E-state index contributed by atoms with van der Waals surface area (Å²) in [5.41, 5.74) is 6.78. The minimum atomic E-state index is 0.274. The van der Waals surface area contributed by atoms with Crippen molar-refractivity contribution < 1.29 is 5.73 Å². The molecule has 2 heteroatoms. The lowest BCUT2D eigenvalue weighted by molar-refractivity contribution is -0.410. The summed E-state index contributed by atoms with van der Waals surface area (Å²) in [4.78, 5) is 1.33. The number of thiophene rings is 1. The Balaban J connectivity index is 2.28. The quantitative estimate of drug-likeness (QED) is 0.778. The van der Waals surface area contributed by atoms with Crippen molar-refractivity contribution in [1.82, 2.24) is 0 Å². The molecule has 0 aliphatic heterocycles. The molecule has 0 saturated heterocycles. The highest BCUT2D eigenvalue weighted by Crippen LogP contribution is 2.22. The molecule has 3 N–H and O–H groups in total. The SMILES string of the molecule is Cc1ccc([C@@H]([NH3+])c2cccs2)cc1. The van der Waals surface area contributed by atoms with Gasteiger partial charge in [-0.1, -0.05) is 35.9 Å². The molecule has 1 aromatic heterocycles. The lowest BCUT2D eigenvalue weighted by Gasteiger charge is -2.06. The van der Waals surface area contributed by atoms with Crippen molar-refractivity contribution in [2.45, 2.75) is 13.0 Å². The molecule has 1 aromatic carbocycles. The molecule has 14 heavy (non-hydrogen) atoms. The summed E-state index contributed by atoms with van der Waals surface area (Å²) in [6.45, 7) is 2.10. The minimum Gasteiger partial charge on any atom is -0.347 e. The maximum Gasteiger partial charge on any atom is 0.145 e. The molecule has 0 aliphatic carbocycles. The van der Waals surface area contributed by atoms with E-state index in [1.165, 1.54) is 16.0 Å². The third-order valence-electron chi connectivity index (χ3n) is 2.37. The van der Waals surface area contributed by atoms with Crippen molar-refractivity contribution in [3.8, 4) is 0 Å². The molecule has 0 saturated carbocycles. The van der Waals surface area contributed by atoms with Crippen molar-refractivity contribution in [3.63, 3.8) is 0 Å². The Morgan fingerprint density at radius 1 is 1.14 bits per heavy atom. The fourth-order valence-corrected chi connectivity index (χ4v) is 2.22. The van der Waals surface area contributed by atoms with Crippen LogP contribution in [0, 0.1) is 6.92 Å². The first-order chi connectivity index (χ1) is 6.77. The molecular weight excluding hydrogens is 190 g/mol. The van der Waals surface area contributed by atoms with Crippen molar-refractivity contribution in [3.05, 3.63) is 57.8 Å². The van der Waals surface area contributed by atoms with Crippen LogP contribution in [0.25, 0.3) is 0 Å². The molecule has 1 heterocycles. The van der Waals surface area contributed by atoms with Gasteiger partial charge in [-0.25, -0.2) is 0 Å². The molecule has 0 bridgehead atoms. The molecule has 2 rings (SSSR count). The largest absolute Gasteiger partial charge is 0.347 e. The van der Waals surface area contributed by atoms with Crippen LogP contribution in [0.1, 0.15) is 22.0 Å². The van der Waals surface area contributed by atoms with Gasteiger partial charge >= 0.3 is 0 Å². The Hall–Kier alpha value is -1.12. The van der Waals surface area contributed by atoms with Gasteiger partial charge in [0.25, 0.3) is 0 Å². The van der Waals surface area contributed by atoms with Gasteiger partial charge in [0.05, 0.1) is 4.88 Å². The summed E-state index contributed by atoms with van der Waals surface area (Å²) in [7, 11) is 0. The number of hydrogen-bond acceptors (Lipinski definition) is 1. The van der Waals surface area contributed by atoms with E-state index in [-0.39, 0.29) is 6.04 Å². The predicted molar refractivity (Wildman–Crippen MR) is 60.2 cm³/mol. The number of benzene rings is 1. The van der Waals surface area contributed by atoms with E-state index in [0.717, 1.165) is 0 Å². The van der Waals surface area contributed by atoms with Gasteiger partial charge in [0.15, 0.2) is 0 Å². The third kappa shape index (κ3) is 1.86. The van der Waals surface area contributed by atoms with Gasteiger partial charge in [0.1, 0.15) is 6.04 Å². The second-order valence-corrected chi connectivity index (χ2v) is 4.46. The minimum absolute atomic E-state index is 0.274. The van der Waals surface area contributed by atoms with E-state index in [0.29, 0.717) is 0 Å². The van der Waals surface area contributed by atoms with Crippen LogP contribution in [-0.2, 0) is 0 Å². The van der Waals surface area contributed by atoms with Crippen LogP contribution in [0.4, 0.5) is 0 Å². The third-order valence-corrected chi connectivity index (χ3v) is 3.35. The maximum atomic E-state index is 4.19. The second kappa shape index (κ2) is 3.95. The molecule has 0 aliphatic rings. The van der Waals surface area contributed by atoms with Crippen LogP contribution in [0.3, 0.4) is 0 Å². The zero-order valence-electron chi connectivity index (χ0n) is 8.23. The Bertz CT molecular complexity index is 389. The Labute approximate surface area is 88.2 Å². The van der Waals surface area contributed by atoms with Crippen LogP contribution in [-0.4, -0.2) is 0 Å². The van der Waals surface area contributed by atoms with Crippen molar-refractivity contribution in [2.24, 2.45) is 0 Å². The van der Waals surface area contributed by atoms with Crippen molar-refractivity contribution in [1.29, 1.82) is 0 Å². The van der Waals surface area contributed by atoms with E-state index in [9.17, 15) is 0 Å². The van der Waals surface area contributed by atoms with Crippen LogP contribution in [0.15, 0.2) is 41.8 Å². The lowest BCUT2D eigenvalue weighted by Crippen LogP contribution is -2.53. The van der Waals surface area contributed by atoms with Gasteiger partial charge in [0.2, 0.25) is 0 Å². The zero-order chi connectivity index (χ0) is 9.97. The number of hydrogen-bond donors (Lipinski definition) is 1. The molecule has 72 valence electrons. The topological polar surface area (TPSA) is 27.6 Å². The summed E-state index contributed by atoms with van der Waals surface area (Å²) in [5, 5.41) is 2.10. The van der Waals surface area contributed by atoms with Gasteiger partial charge < -0.3 is 5.73 Å². The molecule has 0 unspecified atom stereocenters. The van der Waals surface area contributed by atoms with E-state index < -0.39 is 0 Å². The first-order valence-electron chi connectivity index (χ1n) is 4.70. The van der Waals surface area contributed by atoms with E-state index >= 15 is 0 Å². The molecule has 2 aromatic rings. The monoisotopic (exact) mass is 204 g/mol. The summed E-state index contributed by atoms with van der Waals surface area (Å²) in [6.07, 6.45) is 0. The smallest absolute Gasteiger partial charge is 0.145 e. The summed E-state index contributed by atoms with van der Waals surface area (Å²) in [5.74, 6) is 0. The normalized spacial score (nSPS) is 12.7. The fourth-order valence-electron chi connectivity index (χ4n) is 1.45. The number of quaternary nitrogens is 1. The Morgan fingerprint density at radius 2 is 1.86 bits per heavy atom. The first-order valence-corrected chi connectivity index (χ1v) is 5.58. The van der Waals surface area contributed by atoms with Crippen LogP contribution >= 0.6 is 11.3 Å². The maximum absolute atomic E-state index is 4.19. The Kier molecular flexibility index (Phi) is 2.66. The van der Waals surface area contributed by atoms with Gasteiger partial charge in [-0.15, -0.1) is 11.3 Å². The molecular formula is C12H14NS+. The number of rotatable bonds is 2. The second-order valence-electron chi connectivity index (χ2n) is 3.48. The Morgan fingerprint density at radius 3 is 2.43 bits per heavy atom. The van der Waals surface area contributed by atoms with E-state index in [2.05, 4.69) is 54.4 Å². The van der Waals surface area contributed by atoms with Gasteiger partial charge in [-0.2, -0.15) is 0 Å². The van der Waals surface area contributed by atoms with E-state index in [4.69, 9.17) is 0 Å². The summed E-state index contributed by atoms with van der Waals surface area (Å²) >= 11 is 1.77. The summed E-state index contributed by atoms with van der Waals surface area (Å²) < 4.78 is 0. The highest BCUT2D eigenvalue weighted by molar-refractivity contribution is 7.10. The van der Waals surface area contributed by atoms with Gasteiger partial charge in [0, 0.05) is 5.56 Å². The number of aryl methyl sites for hydroxylation is 1. The summed E-state index contributed by atoms with van der Waals surface area (Å²) in [6, 6.07) is 13.1. The lowest BCUT2D eigenvalue weighted by atomic mass is 10.0. The molecule has 1 atom stereocenters. The van der Waals surface area contributed by atoms with E-state index in [1.807, 2.05) is 0 Å². The highest BCUT2D eigenvalue weighted by atomic mass is 32.1. The van der Waals surface area contributed by atoms with Crippen molar-refractivity contribution in [2.75, 3.05) is 0 Å². The van der Waals surface area contributed by atoms with Gasteiger partial charge in [-0.05, 0) is 18.4 Å². The molecule has 0 spiro atoms. The van der Waals surface area contributed by atoms with E-state index in [1.54, 1.807) is 11.3 Å². The van der Waals surface area contributed by atoms with Crippen LogP contribution in [0.5, 0.6) is 0 Å². The molecule has 0 radical (unpaired) electrons. The highest BCUT2D eigenvalue weighted by Gasteiger charge is 2.12. The fraction of sp³-hybridized carbons (Fsp3) is 0.167. The van der Waals surface area contributed by atoms with Crippen molar-refractivity contribution >= 4 is 11.3 Å².